The number of rotatable bonds is 6. The molecule has 2 heterocycles. The lowest BCUT2D eigenvalue weighted by Crippen LogP contribution is -2.29. The molecule has 20 heavy (non-hydrogen) atoms. The third kappa shape index (κ3) is 2.46. The number of hydrogen-bond acceptors (Lipinski definition) is 5. The Morgan fingerprint density at radius 1 is 1.30 bits per heavy atom. The van der Waals surface area contributed by atoms with Crippen molar-refractivity contribution in [2.45, 2.75) is 39.2 Å². The Labute approximate surface area is 115 Å². The smallest absolute Gasteiger partial charge is 0.303 e. The van der Waals surface area contributed by atoms with Gasteiger partial charge in [-0.3, -0.25) is 19.8 Å². The van der Waals surface area contributed by atoms with Gasteiger partial charge in [0, 0.05) is 13.6 Å². The van der Waals surface area contributed by atoms with Crippen LogP contribution in [0.5, 0.6) is 0 Å². The van der Waals surface area contributed by atoms with E-state index < -0.39 is 11.2 Å². The second-order valence-corrected chi connectivity index (χ2v) is 4.78. The highest BCUT2D eigenvalue weighted by Crippen LogP contribution is 2.15. The molecule has 4 N–H and O–H groups in total. The monoisotopic (exact) mass is 280 g/mol. The molecule has 0 saturated carbocycles. The molecule has 0 radical (unpaired) electrons. The fraction of sp³-hybridized carbons (Fsp3) is 0.583. The van der Waals surface area contributed by atoms with Gasteiger partial charge in [-0.1, -0.05) is 26.2 Å². The van der Waals surface area contributed by atoms with Crippen LogP contribution in [0.1, 0.15) is 32.6 Å². The van der Waals surface area contributed by atoms with Crippen LogP contribution >= 0.6 is 0 Å². The number of nitrogens with one attached hydrogen (secondary N) is 2. The van der Waals surface area contributed by atoms with Gasteiger partial charge >= 0.3 is 5.69 Å². The van der Waals surface area contributed by atoms with Crippen LogP contribution < -0.4 is 22.5 Å². The van der Waals surface area contributed by atoms with E-state index in [1.54, 1.807) is 11.6 Å². The van der Waals surface area contributed by atoms with Crippen molar-refractivity contribution in [1.82, 2.24) is 19.1 Å². The Morgan fingerprint density at radius 2 is 2.05 bits per heavy atom. The van der Waals surface area contributed by atoms with E-state index in [0.29, 0.717) is 23.7 Å². The van der Waals surface area contributed by atoms with Crippen LogP contribution in [0.2, 0.25) is 0 Å². The maximum atomic E-state index is 12.0. The minimum Gasteiger partial charge on any atom is -0.303 e. The number of hydrazine groups is 1. The standard InChI is InChI=1S/C12H20N6O2/c1-3-4-5-6-7-18-8-9(14-11(18)16-13)17(2)12(20)15-10(8)19/h3-7,13H2,1-2H3,(H,14,16)(H,15,19,20). The van der Waals surface area contributed by atoms with Gasteiger partial charge in [0.25, 0.3) is 5.56 Å². The minimum atomic E-state index is -0.485. The number of aryl methyl sites for hydroxylation is 2. The first-order valence-corrected chi connectivity index (χ1v) is 6.76. The highest BCUT2D eigenvalue weighted by atomic mass is 16.2. The molecule has 0 aromatic carbocycles. The molecule has 2 rings (SSSR count). The summed E-state index contributed by atoms with van der Waals surface area (Å²) in [7, 11) is 1.56. The number of nitrogens with zero attached hydrogens (tertiary/aromatic N) is 3. The summed E-state index contributed by atoms with van der Waals surface area (Å²) in [5.74, 6) is 5.84. The molecule has 8 nitrogen and oxygen atoms in total. The summed E-state index contributed by atoms with van der Waals surface area (Å²) < 4.78 is 3.03. The molecule has 0 aliphatic rings. The molecule has 0 spiro atoms. The van der Waals surface area contributed by atoms with Crippen LogP contribution in [0.15, 0.2) is 9.59 Å². The van der Waals surface area contributed by atoms with E-state index in [2.05, 4.69) is 22.3 Å². The first kappa shape index (κ1) is 14.3. The number of aromatic nitrogens is 4. The van der Waals surface area contributed by atoms with Crippen molar-refractivity contribution in [2.75, 3.05) is 5.43 Å². The van der Waals surface area contributed by atoms with E-state index in [1.165, 1.54) is 4.57 Å². The maximum absolute atomic E-state index is 12.0. The number of fused-ring (bicyclic) bond motifs is 1. The second kappa shape index (κ2) is 5.91. The zero-order chi connectivity index (χ0) is 14.7. The Kier molecular flexibility index (Phi) is 4.23. The number of nitrogens with two attached hydrogens (primary N) is 1. The SMILES string of the molecule is CCCCCCn1c(NN)nc2c1c(=O)[nH]c(=O)n2C. The molecule has 0 unspecified atom stereocenters. The van der Waals surface area contributed by atoms with E-state index in [9.17, 15) is 9.59 Å². The van der Waals surface area contributed by atoms with Crippen molar-refractivity contribution in [3.63, 3.8) is 0 Å². The number of nitrogen functional groups attached to an aromatic ring is 1. The number of anilines is 1. The number of unbranched alkanes of at least 4 members (excludes halogenated alkanes) is 3. The Hall–Kier alpha value is -2.09. The summed E-state index contributed by atoms with van der Waals surface area (Å²) in [6.07, 6.45) is 4.29. The van der Waals surface area contributed by atoms with Crippen molar-refractivity contribution in [3.05, 3.63) is 20.8 Å². The van der Waals surface area contributed by atoms with Crippen molar-refractivity contribution in [3.8, 4) is 0 Å². The fourth-order valence-electron chi connectivity index (χ4n) is 2.26. The lowest BCUT2D eigenvalue weighted by Gasteiger charge is -2.07. The Bertz CT molecular complexity index is 711. The highest BCUT2D eigenvalue weighted by Gasteiger charge is 2.16. The molecule has 8 heteroatoms. The molecule has 0 saturated heterocycles. The summed E-state index contributed by atoms with van der Waals surface area (Å²) in [6.45, 7) is 2.78. The number of hydrogen-bond donors (Lipinski definition) is 3. The summed E-state index contributed by atoms with van der Waals surface area (Å²) in [5, 5.41) is 0. The van der Waals surface area contributed by atoms with E-state index in [1.807, 2.05) is 0 Å². The van der Waals surface area contributed by atoms with Crippen molar-refractivity contribution in [2.24, 2.45) is 12.9 Å². The van der Waals surface area contributed by atoms with Crippen molar-refractivity contribution >= 4 is 17.1 Å². The first-order chi connectivity index (χ1) is 9.60. The molecule has 0 aliphatic carbocycles. The van der Waals surface area contributed by atoms with Gasteiger partial charge in [0.05, 0.1) is 0 Å². The van der Waals surface area contributed by atoms with Crippen LogP contribution in [-0.2, 0) is 13.6 Å². The van der Waals surface area contributed by atoms with E-state index >= 15 is 0 Å². The van der Waals surface area contributed by atoms with Crippen LogP contribution in [-0.4, -0.2) is 19.1 Å². The van der Waals surface area contributed by atoms with Crippen molar-refractivity contribution < 1.29 is 0 Å². The maximum Gasteiger partial charge on any atom is 0.329 e. The normalized spacial score (nSPS) is 11.2. The number of imidazole rings is 1. The molecule has 2 aromatic heterocycles. The summed E-state index contributed by atoms with van der Waals surface area (Å²) >= 11 is 0. The van der Waals surface area contributed by atoms with Crippen LogP contribution in [0.4, 0.5) is 5.95 Å². The molecule has 0 amide bonds. The van der Waals surface area contributed by atoms with E-state index in [4.69, 9.17) is 5.84 Å². The first-order valence-electron chi connectivity index (χ1n) is 6.76. The minimum absolute atomic E-state index is 0.335. The molecular weight excluding hydrogens is 260 g/mol. The average Bonchev–Trinajstić information content (AvgIpc) is 2.80. The largest absolute Gasteiger partial charge is 0.329 e. The highest BCUT2D eigenvalue weighted by molar-refractivity contribution is 5.73. The average molecular weight is 280 g/mol. The summed E-state index contributed by atoms with van der Waals surface area (Å²) in [4.78, 5) is 30.1. The number of aromatic amines is 1. The van der Waals surface area contributed by atoms with E-state index in [0.717, 1.165) is 25.7 Å². The molecule has 0 atom stereocenters. The van der Waals surface area contributed by atoms with Gasteiger partial charge in [0.1, 0.15) is 0 Å². The van der Waals surface area contributed by atoms with Crippen LogP contribution in [0.3, 0.4) is 0 Å². The molecule has 110 valence electrons. The fourth-order valence-corrected chi connectivity index (χ4v) is 2.26. The molecule has 0 bridgehead atoms. The third-order valence-corrected chi connectivity index (χ3v) is 3.37. The third-order valence-electron chi connectivity index (χ3n) is 3.37. The topological polar surface area (TPSA) is 111 Å². The molecular formula is C12H20N6O2. The van der Waals surface area contributed by atoms with Gasteiger partial charge in [0.15, 0.2) is 11.2 Å². The van der Waals surface area contributed by atoms with Gasteiger partial charge in [-0.25, -0.2) is 10.6 Å². The quantitative estimate of drug-likeness (QED) is 0.400. The lowest BCUT2D eigenvalue weighted by molar-refractivity contribution is 0.593. The van der Waals surface area contributed by atoms with Gasteiger partial charge in [-0.15, -0.1) is 0 Å². The number of H-pyrrole nitrogens is 1. The summed E-state index contributed by atoms with van der Waals surface area (Å²) in [5.41, 5.74) is 2.27. The Balaban J connectivity index is 2.49. The van der Waals surface area contributed by atoms with Gasteiger partial charge in [0.2, 0.25) is 5.95 Å². The van der Waals surface area contributed by atoms with Crippen LogP contribution in [0.25, 0.3) is 11.2 Å². The van der Waals surface area contributed by atoms with Gasteiger partial charge in [-0.05, 0) is 6.42 Å². The molecule has 0 aliphatic heterocycles. The lowest BCUT2D eigenvalue weighted by atomic mass is 10.2. The zero-order valence-corrected chi connectivity index (χ0v) is 11.8. The predicted molar refractivity (Wildman–Crippen MR) is 77.5 cm³/mol. The Morgan fingerprint density at radius 3 is 2.70 bits per heavy atom. The predicted octanol–water partition coefficient (Wildman–Crippen LogP) is 0.289. The van der Waals surface area contributed by atoms with Crippen LogP contribution in [0, 0.1) is 0 Å². The van der Waals surface area contributed by atoms with Gasteiger partial charge in [-0.2, -0.15) is 4.98 Å². The molecule has 0 fully saturated rings. The second-order valence-electron chi connectivity index (χ2n) is 4.78. The van der Waals surface area contributed by atoms with Crippen molar-refractivity contribution in [1.29, 1.82) is 0 Å². The van der Waals surface area contributed by atoms with Gasteiger partial charge < -0.3 is 4.57 Å². The van der Waals surface area contributed by atoms with E-state index in [-0.39, 0.29) is 0 Å². The zero-order valence-electron chi connectivity index (χ0n) is 11.8. The summed E-state index contributed by atoms with van der Waals surface area (Å²) in [6, 6.07) is 0. The molecule has 2 aromatic rings.